The minimum Gasteiger partial charge on any atom is -0.549 e. The molecule has 18 nitrogen and oxygen atoms in total. The van der Waals surface area contributed by atoms with Crippen LogP contribution in [0.5, 0.6) is 11.5 Å². The summed E-state index contributed by atoms with van der Waals surface area (Å²) >= 11 is 0. The van der Waals surface area contributed by atoms with Crippen LogP contribution >= 0.6 is 15.6 Å². The molecule has 43 heavy (non-hydrogen) atoms. The van der Waals surface area contributed by atoms with Crippen molar-refractivity contribution in [1.29, 1.82) is 0 Å². The molecule has 2 rings (SSSR count). The second kappa shape index (κ2) is 17.1. The average Bonchev–Trinajstić information content (AvgIpc) is 2.85. The molecule has 0 saturated carbocycles. The molecular weight excluding hydrogens is 646 g/mol. The van der Waals surface area contributed by atoms with Crippen molar-refractivity contribution in [2.24, 2.45) is 0 Å². The number of aromatic nitrogens is 2. The zero-order chi connectivity index (χ0) is 31.8. The molecule has 0 aliphatic heterocycles. The van der Waals surface area contributed by atoms with E-state index in [1.165, 1.54) is 36.0 Å². The molecule has 2 heterocycles. The maximum absolute atomic E-state index is 11.5. The first-order chi connectivity index (χ1) is 19.4. The van der Waals surface area contributed by atoms with E-state index < -0.39 is 53.9 Å². The van der Waals surface area contributed by atoms with Gasteiger partial charge in [0.05, 0.1) is 36.5 Å². The largest absolute Gasteiger partial charge is 2.00 e. The van der Waals surface area contributed by atoms with Crippen LogP contribution in [0.15, 0.2) is 12.4 Å². The molecule has 0 aromatic carbocycles. The predicted octanol–water partition coefficient (Wildman–Crippen LogP) is -2.85. The van der Waals surface area contributed by atoms with Gasteiger partial charge in [0.15, 0.2) is 0 Å². The summed E-state index contributed by atoms with van der Waals surface area (Å²) in [4.78, 5) is 69.5. The first-order valence-electron chi connectivity index (χ1n) is 11.9. The smallest absolute Gasteiger partial charge is 0.549 e. The summed E-state index contributed by atoms with van der Waals surface area (Å²) in [6, 6.07) is 0. The molecule has 0 saturated heterocycles. The van der Waals surface area contributed by atoms with Crippen LogP contribution in [-0.4, -0.2) is 125 Å². The van der Waals surface area contributed by atoms with Gasteiger partial charge in [0.25, 0.3) is 0 Å². The SMILES string of the molecule is Cc1ncc(COP(=O)(O)O)c(CN(CCN(CC(=O)[O-])Cc2c(COP(=O)(O)O)cnc(C)c2O)CC(=O)[O-])c1O.[Ca+2]. The fourth-order valence-electron chi connectivity index (χ4n) is 3.80. The van der Waals surface area contributed by atoms with Gasteiger partial charge in [-0.05, 0) is 13.8 Å². The normalized spacial score (nSPS) is 12.0. The molecule has 0 aliphatic carbocycles. The molecule has 0 aliphatic rings. The Morgan fingerprint density at radius 3 is 1.37 bits per heavy atom. The minimum absolute atomic E-state index is 0. The molecule has 0 fully saturated rings. The van der Waals surface area contributed by atoms with Gasteiger partial charge < -0.3 is 49.6 Å². The van der Waals surface area contributed by atoms with E-state index in [-0.39, 0.29) is 109 Å². The van der Waals surface area contributed by atoms with Gasteiger partial charge in [-0.1, -0.05) is 0 Å². The first-order valence-corrected chi connectivity index (χ1v) is 15.0. The van der Waals surface area contributed by atoms with Crippen LogP contribution in [0.3, 0.4) is 0 Å². The number of carbonyl (C=O) groups excluding carboxylic acids is 2. The number of hydrogen-bond donors (Lipinski definition) is 6. The second-order valence-electron chi connectivity index (χ2n) is 9.09. The van der Waals surface area contributed by atoms with Crippen molar-refractivity contribution in [3.05, 3.63) is 46.0 Å². The monoisotopic (exact) mass is 676 g/mol. The summed E-state index contributed by atoms with van der Waals surface area (Å²) in [5.41, 5.74) is 0.438. The molecule has 21 heteroatoms. The van der Waals surface area contributed by atoms with Gasteiger partial charge >= 0.3 is 53.4 Å². The quantitative estimate of drug-likeness (QED) is 0.0726. The third kappa shape index (κ3) is 13.8. The number of aryl methyl sites for hydroxylation is 2. The van der Waals surface area contributed by atoms with Crippen LogP contribution in [0.25, 0.3) is 0 Å². The van der Waals surface area contributed by atoms with Crippen molar-refractivity contribution in [3.63, 3.8) is 0 Å². The van der Waals surface area contributed by atoms with Crippen molar-refractivity contribution in [2.45, 2.75) is 40.2 Å². The summed E-state index contributed by atoms with van der Waals surface area (Å²) in [5.74, 6) is -3.83. The number of pyridine rings is 2. The van der Waals surface area contributed by atoms with Crippen molar-refractivity contribution >= 4 is 65.3 Å². The Balaban J connectivity index is 0.00000924. The van der Waals surface area contributed by atoms with E-state index in [4.69, 9.17) is 19.6 Å². The summed E-state index contributed by atoms with van der Waals surface area (Å²) in [6.07, 6.45) is 2.38. The van der Waals surface area contributed by atoms with Gasteiger partial charge in [-0.2, -0.15) is 0 Å². The van der Waals surface area contributed by atoms with E-state index in [1.54, 1.807) is 0 Å². The fraction of sp³-hybridized carbons (Fsp3) is 0.455. The van der Waals surface area contributed by atoms with E-state index in [0.29, 0.717) is 0 Å². The van der Waals surface area contributed by atoms with E-state index in [1.807, 2.05) is 0 Å². The number of phosphoric acid groups is 2. The van der Waals surface area contributed by atoms with Crippen LogP contribution in [0.2, 0.25) is 0 Å². The molecule has 2 aromatic heterocycles. The van der Waals surface area contributed by atoms with Crippen LogP contribution in [0.4, 0.5) is 0 Å². The second-order valence-corrected chi connectivity index (χ2v) is 11.6. The van der Waals surface area contributed by atoms with Gasteiger partial charge in [0.2, 0.25) is 0 Å². The number of aromatic hydroxyl groups is 2. The van der Waals surface area contributed by atoms with Crippen LogP contribution in [0, 0.1) is 13.8 Å². The molecule has 0 bridgehead atoms. The van der Waals surface area contributed by atoms with Crippen molar-refractivity contribution < 1.29 is 67.8 Å². The van der Waals surface area contributed by atoms with E-state index in [9.17, 15) is 39.1 Å². The maximum Gasteiger partial charge on any atom is 2.00 e. The summed E-state index contributed by atoms with van der Waals surface area (Å²) in [7, 11) is -9.81. The molecule has 0 spiro atoms. The Morgan fingerprint density at radius 1 is 0.767 bits per heavy atom. The number of phosphoric ester groups is 2. The number of carboxylic acids is 2. The zero-order valence-electron chi connectivity index (χ0n) is 23.2. The van der Waals surface area contributed by atoms with Gasteiger partial charge in [-0.25, -0.2) is 9.13 Å². The van der Waals surface area contributed by atoms with E-state index in [0.717, 1.165) is 0 Å². The van der Waals surface area contributed by atoms with Gasteiger partial charge in [-0.15, -0.1) is 0 Å². The molecule has 6 N–H and O–H groups in total. The van der Waals surface area contributed by atoms with Crippen LogP contribution in [-0.2, 0) is 54.1 Å². The molecule has 234 valence electrons. The molecule has 0 unspecified atom stereocenters. The molecular formula is C22H30CaN4O14P2. The number of hydrogen-bond acceptors (Lipinski definition) is 14. The third-order valence-corrected chi connectivity index (χ3v) is 6.77. The predicted molar refractivity (Wildman–Crippen MR) is 141 cm³/mol. The number of nitrogens with zero attached hydrogens (tertiary/aromatic N) is 4. The molecule has 0 amide bonds. The van der Waals surface area contributed by atoms with Gasteiger partial charge in [0, 0.05) is 73.9 Å². The molecule has 2 aromatic rings. The number of aliphatic carboxylic acids is 2. The molecule has 0 atom stereocenters. The van der Waals surface area contributed by atoms with Gasteiger partial charge in [0.1, 0.15) is 11.5 Å². The Bertz CT molecular complexity index is 1280. The summed E-state index contributed by atoms with van der Waals surface area (Å²) in [6.45, 7) is -0.874. The van der Waals surface area contributed by atoms with E-state index in [2.05, 4.69) is 19.0 Å². The summed E-state index contributed by atoms with van der Waals surface area (Å²) < 4.78 is 31.3. The Kier molecular flexibility index (Phi) is 15.6. The number of carboxylic acid groups (broad SMARTS) is 2. The van der Waals surface area contributed by atoms with Crippen molar-refractivity contribution in [3.8, 4) is 11.5 Å². The topological polar surface area (TPSA) is 286 Å². The Labute approximate surface area is 275 Å². The number of rotatable bonds is 17. The van der Waals surface area contributed by atoms with Gasteiger partial charge in [-0.3, -0.25) is 28.8 Å². The Morgan fingerprint density at radius 2 is 1.09 bits per heavy atom. The van der Waals surface area contributed by atoms with E-state index >= 15 is 0 Å². The maximum atomic E-state index is 11.5. The third-order valence-electron chi connectivity index (χ3n) is 5.84. The average molecular weight is 677 g/mol. The van der Waals surface area contributed by atoms with Crippen molar-refractivity contribution in [1.82, 2.24) is 19.8 Å². The van der Waals surface area contributed by atoms with Crippen LogP contribution in [0.1, 0.15) is 33.6 Å². The minimum atomic E-state index is -4.91. The number of carbonyl (C=O) groups is 2. The first kappa shape index (κ1) is 39.3. The summed E-state index contributed by atoms with van der Waals surface area (Å²) in [5, 5.41) is 44.1. The van der Waals surface area contributed by atoms with Crippen molar-refractivity contribution in [2.75, 3.05) is 26.2 Å². The van der Waals surface area contributed by atoms with Crippen LogP contribution < -0.4 is 10.2 Å². The molecule has 0 radical (unpaired) electrons. The fourth-order valence-corrected chi connectivity index (χ4v) is 4.42. The zero-order valence-corrected chi connectivity index (χ0v) is 27.1. The Hall–Kier alpha value is -1.76. The standard InChI is InChI=1S/C22H32N4O14P2.Ca/c1-13-21(31)17(15(5-23-13)11-39-41(33,34)35)7-25(9-19(27)28)3-4-26(10-20(29)30)8-18-16(12-40-42(36,37)38)6-24-14(2)22(18)32;/h5-6,31-32H,3-4,7-12H2,1-2H3,(H,27,28)(H,29,30)(H2,33,34,35)(H2,36,37,38);/q;+2/p-2.